The zero-order valence-electron chi connectivity index (χ0n) is 9.91. The van der Waals surface area contributed by atoms with E-state index in [1.54, 1.807) is 0 Å². The Morgan fingerprint density at radius 2 is 1.00 bits per heavy atom. The molecule has 0 fully saturated rings. The lowest BCUT2D eigenvalue weighted by Gasteiger charge is -2.23. The average Bonchev–Trinajstić information content (AvgIpc) is 2.28. The molecule has 0 heterocycles. The van der Waals surface area contributed by atoms with Crippen molar-refractivity contribution in [3.63, 3.8) is 0 Å². The molecule has 0 aliphatic carbocycles. The fraction of sp³-hybridized carbons (Fsp3) is 0.700. The molecule has 104 valence electrons. The molecular formula is C10H18O7P+. The van der Waals surface area contributed by atoms with Crippen LogP contribution in [-0.2, 0) is 14.4 Å². The van der Waals surface area contributed by atoms with Gasteiger partial charge in [-0.2, -0.15) is 0 Å². The minimum atomic E-state index is -2.23. The molecular weight excluding hydrogens is 263 g/mol. The largest absolute Gasteiger partial charge is 0.481 e. The fourth-order valence-corrected chi connectivity index (χ4v) is 4.64. The first kappa shape index (κ1) is 16.8. The van der Waals surface area contributed by atoms with Gasteiger partial charge < -0.3 is 20.4 Å². The summed E-state index contributed by atoms with van der Waals surface area (Å²) in [5.41, 5.74) is 0. The van der Waals surface area contributed by atoms with Gasteiger partial charge in [-0.3, -0.25) is 14.4 Å². The van der Waals surface area contributed by atoms with Crippen LogP contribution in [0.5, 0.6) is 0 Å². The van der Waals surface area contributed by atoms with Gasteiger partial charge in [0.2, 0.25) is 0 Å². The Bertz CT molecular complexity index is 270. The van der Waals surface area contributed by atoms with E-state index in [9.17, 15) is 19.5 Å². The normalized spacial score (nSPS) is 11.2. The van der Waals surface area contributed by atoms with Crippen LogP contribution < -0.4 is 0 Å². The smallest absolute Gasteiger partial charge is 0.307 e. The van der Waals surface area contributed by atoms with Crippen molar-refractivity contribution in [3.05, 3.63) is 0 Å². The molecule has 0 radical (unpaired) electrons. The molecule has 18 heavy (non-hydrogen) atoms. The number of carboxylic acid groups (broad SMARTS) is 3. The molecule has 4 N–H and O–H groups in total. The summed E-state index contributed by atoms with van der Waals surface area (Å²) >= 11 is 0. The highest BCUT2D eigenvalue weighted by molar-refractivity contribution is 7.75. The monoisotopic (exact) mass is 281 g/mol. The number of carboxylic acids is 3. The second-order valence-electron chi connectivity index (χ2n) is 4.09. The van der Waals surface area contributed by atoms with Crippen molar-refractivity contribution in [2.45, 2.75) is 19.3 Å². The summed E-state index contributed by atoms with van der Waals surface area (Å²) in [7, 11) is -2.23. The molecule has 0 aromatic rings. The van der Waals surface area contributed by atoms with Gasteiger partial charge in [0.25, 0.3) is 0 Å². The summed E-state index contributed by atoms with van der Waals surface area (Å²) < 4.78 is 0. The Kier molecular flexibility index (Phi) is 7.47. The lowest BCUT2D eigenvalue weighted by molar-refractivity contribution is -0.137. The van der Waals surface area contributed by atoms with Crippen LogP contribution in [0.1, 0.15) is 19.3 Å². The molecule has 0 rings (SSSR count). The predicted octanol–water partition coefficient (Wildman–Crippen LogP) is 0.378. The van der Waals surface area contributed by atoms with Crippen LogP contribution in [0.3, 0.4) is 0 Å². The molecule has 0 aromatic carbocycles. The number of aliphatic hydroxyl groups excluding tert-OH is 1. The van der Waals surface area contributed by atoms with Gasteiger partial charge in [-0.25, -0.2) is 0 Å². The van der Waals surface area contributed by atoms with Crippen molar-refractivity contribution in [2.75, 3.05) is 24.8 Å². The standard InChI is InChI=1S/C10H17O7P/c11-7-18(4-1-8(12)13,5-2-9(14)15)6-3-10(16)17/h11H,1-7H2,(H2-,12,13,14,15,16,17)/p+1. The van der Waals surface area contributed by atoms with Crippen molar-refractivity contribution in [1.82, 2.24) is 0 Å². The Labute approximate surface area is 105 Å². The van der Waals surface area contributed by atoms with E-state index in [2.05, 4.69) is 0 Å². The van der Waals surface area contributed by atoms with Crippen LogP contribution in [-0.4, -0.2) is 63.2 Å². The number of aliphatic carboxylic acids is 3. The van der Waals surface area contributed by atoms with Crippen LogP contribution in [0.15, 0.2) is 0 Å². The first-order chi connectivity index (χ1) is 8.31. The van der Waals surface area contributed by atoms with E-state index < -0.39 is 25.2 Å². The topological polar surface area (TPSA) is 132 Å². The van der Waals surface area contributed by atoms with Crippen LogP contribution in [0, 0.1) is 0 Å². The highest BCUT2D eigenvalue weighted by Crippen LogP contribution is 2.59. The Morgan fingerprint density at radius 3 is 1.17 bits per heavy atom. The maximum absolute atomic E-state index is 10.5. The van der Waals surface area contributed by atoms with E-state index in [1.165, 1.54) is 0 Å². The maximum Gasteiger partial charge on any atom is 0.307 e. The first-order valence-electron chi connectivity index (χ1n) is 5.42. The Morgan fingerprint density at radius 1 is 0.722 bits per heavy atom. The quantitative estimate of drug-likeness (QED) is 0.425. The molecule has 0 spiro atoms. The number of hydrogen-bond acceptors (Lipinski definition) is 4. The SMILES string of the molecule is O=C(O)CC[P+](CO)(CCC(=O)O)CCC(=O)O. The number of rotatable bonds is 10. The third-order valence-corrected chi connectivity index (χ3v) is 6.82. The van der Waals surface area contributed by atoms with Gasteiger partial charge >= 0.3 is 17.9 Å². The van der Waals surface area contributed by atoms with E-state index in [0.29, 0.717) is 0 Å². The van der Waals surface area contributed by atoms with Gasteiger partial charge in [0.15, 0.2) is 6.35 Å². The molecule has 0 saturated heterocycles. The minimum Gasteiger partial charge on any atom is -0.481 e. The van der Waals surface area contributed by atoms with Crippen molar-refractivity contribution in [2.24, 2.45) is 0 Å². The number of aliphatic hydroxyl groups is 1. The van der Waals surface area contributed by atoms with E-state index >= 15 is 0 Å². The summed E-state index contributed by atoms with van der Waals surface area (Å²) in [5.74, 6) is -3.09. The molecule has 0 atom stereocenters. The van der Waals surface area contributed by atoms with Crippen molar-refractivity contribution < 1.29 is 34.8 Å². The molecule has 0 aliphatic heterocycles. The molecule has 8 heteroatoms. The van der Waals surface area contributed by atoms with Crippen molar-refractivity contribution in [1.29, 1.82) is 0 Å². The number of carbonyl (C=O) groups is 3. The van der Waals surface area contributed by atoms with Crippen molar-refractivity contribution in [3.8, 4) is 0 Å². The second-order valence-corrected chi connectivity index (χ2v) is 8.39. The van der Waals surface area contributed by atoms with Crippen LogP contribution in [0.25, 0.3) is 0 Å². The predicted molar refractivity (Wildman–Crippen MR) is 65.4 cm³/mol. The fourth-order valence-electron chi connectivity index (χ4n) is 1.55. The summed E-state index contributed by atoms with van der Waals surface area (Å²) in [6, 6.07) is 0. The van der Waals surface area contributed by atoms with Gasteiger partial charge in [0, 0.05) is 7.26 Å². The van der Waals surface area contributed by atoms with Gasteiger partial charge in [-0.05, 0) is 0 Å². The summed E-state index contributed by atoms with van der Waals surface area (Å²) in [6.45, 7) is 0. The lowest BCUT2D eigenvalue weighted by Crippen LogP contribution is -2.18. The van der Waals surface area contributed by atoms with Crippen LogP contribution >= 0.6 is 7.26 Å². The Hall–Kier alpha value is -1.20. The van der Waals surface area contributed by atoms with E-state index in [1.807, 2.05) is 0 Å². The molecule has 0 aromatic heterocycles. The Balaban J connectivity index is 4.63. The highest BCUT2D eigenvalue weighted by Gasteiger charge is 2.38. The first-order valence-corrected chi connectivity index (χ1v) is 7.95. The van der Waals surface area contributed by atoms with Gasteiger partial charge in [-0.1, -0.05) is 0 Å². The van der Waals surface area contributed by atoms with Gasteiger partial charge in [0.1, 0.15) is 0 Å². The molecule has 7 nitrogen and oxygen atoms in total. The van der Waals surface area contributed by atoms with E-state index in [0.717, 1.165) is 0 Å². The zero-order chi connectivity index (χ0) is 14.2. The minimum absolute atomic E-state index is 0.173. The lowest BCUT2D eigenvalue weighted by atomic mass is 10.5. The number of hydrogen-bond donors (Lipinski definition) is 4. The van der Waals surface area contributed by atoms with Gasteiger partial charge in [-0.15, -0.1) is 0 Å². The van der Waals surface area contributed by atoms with Crippen LogP contribution in [0.4, 0.5) is 0 Å². The van der Waals surface area contributed by atoms with E-state index in [4.69, 9.17) is 15.3 Å². The second kappa shape index (κ2) is 8.00. The van der Waals surface area contributed by atoms with Crippen LogP contribution in [0.2, 0.25) is 0 Å². The highest BCUT2D eigenvalue weighted by atomic mass is 31.2. The average molecular weight is 281 g/mol. The molecule has 0 amide bonds. The zero-order valence-corrected chi connectivity index (χ0v) is 10.8. The summed E-state index contributed by atoms with van der Waals surface area (Å²) in [4.78, 5) is 31.6. The van der Waals surface area contributed by atoms with Gasteiger partial charge in [0.05, 0.1) is 37.7 Å². The molecule has 0 saturated carbocycles. The third kappa shape index (κ3) is 7.19. The molecule has 0 aliphatic rings. The summed E-state index contributed by atoms with van der Waals surface area (Å²) in [6.07, 6.45) is -0.284. The summed E-state index contributed by atoms with van der Waals surface area (Å²) in [5, 5.41) is 35.3. The van der Waals surface area contributed by atoms with E-state index in [-0.39, 0.29) is 44.1 Å². The molecule has 0 bridgehead atoms. The third-order valence-electron chi connectivity index (χ3n) is 2.70. The molecule has 0 unspecified atom stereocenters. The maximum atomic E-state index is 10.5. The van der Waals surface area contributed by atoms with Crippen molar-refractivity contribution >= 4 is 25.2 Å².